The van der Waals surface area contributed by atoms with E-state index >= 15 is 0 Å². The van der Waals surface area contributed by atoms with Crippen molar-refractivity contribution in [3.8, 4) is 0 Å². The van der Waals surface area contributed by atoms with E-state index in [2.05, 4.69) is 26.6 Å². The number of rotatable bonds is 10. The van der Waals surface area contributed by atoms with Gasteiger partial charge in [0, 0.05) is 53.6 Å². The van der Waals surface area contributed by atoms with Gasteiger partial charge in [0.25, 0.3) is 0 Å². The number of carbonyl (C=O) groups is 4. The molecule has 2 saturated heterocycles. The van der Waals surface area contributed by atoms with Crippen LogP contribution < -0.4 is 10.6 Å². The maximum Gasteiger partial charge on any atom is 0.239 e. The number of halogens is 2. The summed E-state index contributed by atoms with van der Waals surface area (Å²) in [5.74, 6) is -1.12. The van der Waals surface area contributed by atoms with Crippen LogP contribution in [0, 0.1) is 12.8 Å². The zero-order chi connectivity index (χ0) is 27.2. The quantitative estimate of drug-likeness (QED) is 0.392. The van der Waals surface area contributed by atoms with Crippen molar-refractivity contribution in [2.24, 2.45) is 5.92 Å². The first-order valence-electron chi connectivity index (χ1n) is 12.9. The Labute approximate surface area is 236 Å². The maximum absolute atomic E-state index is 13.4. The second kappa shape index (κ2) is 12.8. The Hall–Kier alpha value is -2.91. The summed E-state index contributed by atoms with van der Waals surface area (Å²) in [6.07, 6.45) is 2.59. The minimum atomic E-state index is -0.544. The highest BCUT2D eigenvalue weighted by Gasteiger charge is 2.41. The molecule has 0 radical (unpaired) electrons. The van der Waals surface area contributed by atoms with Gasteiger partial charge in [0.1, 0.15) is 6.54 Å². The summed E-state index contributed by atoms with van der Waals surface area (Å²) in [7, 11) is 0. The van der Waals surface area contributed by atoms with Crippen molar-refractivity contribution < 1.29 is 19.2 Å². The van der Waals surface area contributed by atoms with Gasteiger partial charge in [-0.15, -0.1) is 0 Å². The molecule has 4 amide bonds. The van der Waals surface area contributed by atoms with E-state index in [-0.39, 0.29) is 42.6 Å². The van der Waals surface area contributed by atoms with Gasteiger partial charge in [-0.2, -0.15) is 0 Å². The van der Waals surface area contributed by atoms with E-state index in [4.69, 9.17) is 11.6 Å². The number of hydrogen-bond acceptors (Lipinski definition) is 4. The molecule has 8 nitrogen and oxygen atoms in total. The van der Waals surface area contributed by atoms with Gasteiger partial charge in [0.05, 0.1) is 6.04 Å². The van der Waals surface area contributed by atoms with E-state index in [1.165, 1.54) is 0 Å². The largest absolute Gasteiger partial charge is 0.354 e. The molecule has 2 aromatic rings. The van der Waals surface area contributed by atoms with Crippen molar-refractivity contribution in [1.82, 2.24) is 15.1 Å². The molecule has 10 heteroatoms. The smallest absolute Gasteiger partial charge is 0.239 e. The molecule has 2 heterocycles. The van der Waals surface area contributed by atoms with Gasteiger partial charge in [-0.1, -0.05) is 45.7 Å². The van der Waals surface area contributed by atoms with Gasteiger partial charge < -0.3 is 20.4 Å². The number of likely N-dealkylation sites (tertiary alicyclic amines) is 2. The molecule has 2 fully saturated rings. The van der Waals surface area contributed by atoms with Crippen LogP contribution in [-0.4, -0.2) is 59.6 Å². The predicted molar refractivity (Wildman–Crippen MR) is 150 cm³/mol. The Kier molecular flexibility index (Phi) is 9.44. The number of nitrogens with zero attached hydrogens (tertiary/aromatic N) is 2. The maximum atomic E-state index is 13.4. The first kappa shape index (κ1) is 28.1. The molecular formula is C28H32BrClN4O4. The summed E-state index contributed by atoms with van der Waals surface area (Å²) in [5, 5.41) is 6.30. The van der Waals surface area contributed by atoms with Crippen LogP contribution in [0.2, 0.25) is 5.02 Å². The summed E-state index contributed by atoms with van der Waals surface area (Å²) in [6.45, 7) is 3.56. The van der Waals surface area contributed by atoms with Crippen LogP contribution in [0.1, 0.15) is 49.3 Å². The average molecular weight is 604 g/mol. The lowest BCUT2D eigenvalue weighted by Crippen LogP contribution is -2.41. The minimum absolute atomic E-state index is 0.0137. The van der Waals surface area contributed by atoms with Crippen LogP contribution >= 0.6 is 27.5 Å². The van der Waals surface area contributed by atoms with Crippen LogP contribution in [-0.2, 0) is 19.2 Å². The van der Waals surface area contributed by atoms with E-state index in [9.17, 15) is 19.2 Å². The number of nitrogens with one attached hydrogen (secondary N) is 2. The summed E-state index contributed by atoms with van der Waals surface area (Å²) in [4.78, 5) is 54.2. The third-order valence-corrected chi connectivity index (χ3v) is 8.10. The first-order valence-corrected chi connectivity index (χ1v) is 14.1. The molecule has 38 heavy (non-hydrogen) atoms. The van der Waals surface area contributed by atoms with Crippen LogP contribution in [0.3, 0.4) is 0 Å². The SMILES string of the molecule is Cc1c(Cl)cccc1NC(=O)C[C@H]1C[C@H](c2ccc(Br)cc2)N(CC(=O)NCCCN2CCCC2=O)C1=O. The van der Waals surface area contributed by atoms with Crippen LogP contribution in [0.4, 0.5) is 5.69 Å². The number of anilines is 1. The molecular weight excluding hydrogens is 572 g/mol. The van der Waals surface area contributed by atoms with E-state index in [0.717, 1.165) is 28.6 Å². The van der Waals surface area contributed by atoms with Crippen molar-refractivity contribution in [2.45, 2.75) is 45.1 Å². The van der Waals surface area contributed by atoms with E-state index in [1.807, 2.05) is 36.1 Å². The molecule has 202 valence electrons. The Morgan fingerprint density at radius 3 is 2.58 bits per heavy atom. The molecule has 0 bridgehead atoms. The van der Waals surface area contributed by atoms with Crippen molar-refractivity contribution in [3.63, 3.8) is 0 Å². The van der Waals surface area contributed by atoms with E-state index in [0.29, 0.717) is 43.1 Å². The predicted octanol–water partition coefficient (Wildman–Crippen LogP) is 4.46. The molecule has 2 N–H and O–H groups in total. The molecule has 0 spiro atoms. The minimum Gasteiger partial charge on any atom is -0.354 e. The molecule has 2 aliphatic heterocycles. The summed E-state index contributed by atoms with van der Waals surface area (Å²) >= 11 is 9.61. The second-order valence-electron chi connectivity index (χ2n) is 9.82. The molecule has 2 atom stereocenters. The van der Waals surface area contributed by atoms with Crippen molar-refractivity contribution in [1.29, 1.82) is 0 Å². The van der Waals surface area contributed by atoms with Gasteiger partial charge in [-0.25, -0.2) is 0 Å². The summed E-state index contributed by atoms with van der Waals surface area (Å²) in [5.41, 5.74) is 2.29. The van der Waals surface area contributed by atoms with Crippen LogP contribution in [0.15, 0.2) is 46.9 Å². The Balaban J connectivity index is 1.38. The Bertz CT molecular complexity index is 1210. The molecule has 2 aromatic carbocycles. The second-order valence-corrected chi connectivity index (χ2v) is 11.1. The fourth-order valence-corrected chi connectivity index (χ4v) is 5.50. The Morgan fingerprint density at radius 2 is 1.87 bits per heavy atom. The Morgan fingerprint density at radius 1 is 1.11 bits per heavy atom. The zero-order valence-electron chi connectivity index (χ0n) is 21.3. The lowest BCUT2D eigenvalue weighted by molar-refractivity contribution is -0.137. The molecule has 0 aliphatic carbocycles. The molecule has 4 rings (SSSR count). The average Bonchev–Trinajstić information content (AvgIpc) is 3.43. The highest BCUT2D eigenvalue weighted by Crippen LogP contribution is 2.38. The van der Waals surface area contributed by atoms with E-state index < -0.39 is 5.92 Å². The monoisotopic (exact) mass is 602 g/mol. The molecule has 2 aliphatic rings. The lowest BCUT2D eigenvalue weighted by atomic mass is 9.97. The van der Waals surface area contributed by atoms with Crippen LogP contribution in [0.5, 0.6) is 0 Å². The standard InChI is InChI=1S/C28H32BrClN4O4/c1-18-22(30)5-2-6-23(18)32-25(35)16-20-15-24(19-8-10-21(29)11-9-19)34(28(20)38)17-26(36)31-12-4-14-33-13-3-7-27(33)37/h2,5-6,8-11,20,24H,3-4,7,12-17H2,1H3,(H,31,36)(H,32,35)/t20-,24-/m1/s1. The normalized spacial score (nSPS) is 19.2. The fourth-order valence-electron chi connectivity index (χ4n) is 5.06. The molecule has 0 aromatic heterocycles. The first-order chi connectivity index (χ1) is 18.2. The number of hydrogen-bond donors (Lipinski definition) is 2. The fraction of sp³-hybridized carbons (Fsp3) is 0.429. The van der Waals surface area contributed by atoms with Crippen LogP contribution in [0.25, 0.3) is 0 Å². The third-order valence-electron chi connectivity index (χ3n) is 7.16. The topological polar surface area (TPSA) is 98.8 Å². The number of benzene rings is 2. The highest BCUT2D eigenvalue weighted by atomic mass is 79.9. The van der Waals surface area contributed by atoms with Crippen molar-refractivity contribution in [2.75, 3.05) is 31.5 Å². The number of carbonyl (C=O) groups excluding carboxylic acids is 4. The van der Waals surface area contributed by atoms with Crippen molar-refractivity contribution >= 4 is 56.8 Å². The van der Waals surface area contributed by atoms with E-state index in [1.54, 1.807) is 23.1 Å². The zero-order valence-corrected chi connectivity index (χ0v) is 23.7. The van der Waals surface area contributed by atoms with Gasteiger partial charge in [0.2, 0.25) is 23.6 Å². The highest BCUT2D eigenvalue weighted by molar-refractivity contribution is 9.10. The molecule has 0 unspecified atom stereocenters. The third kappa shape index (κ3) is 6.94. The number of amides is 4. The summed E-state index contributed by atoms with van der Waals surface area (Å²) < 4.78 is 0.916. The molecule has 0 saturated carbocycles. The van der Waals surface area contributed by atoms with Gasteiger partial charge in [-0.05, 0) is 61.6 Å². The van der Waals surface area contributed by atoms with Gasteiger partial charge >= 0.3 is 0 Å². The lowest BCUT2D eigenvalue weighted by Gasteiger charge is -2.25. The van der Waals surface area contributed by atoms with Crippen molar-refractivity contribution in [3.05, 3.63) is 63.1 Å². The summed E-state index contributed by atoms with van der Waals surface area (Å²) in [6, 6.07) is 12.6. The van der Waals surface area contributed by atoms with Gasteiger partial charge in [-0.3, -0.25) is 19.2 Å². The van der Waals surface area contributed by atoms with Gasteiger partial charge in [0.15, 0.2) is 0 Å².